The van der Waals surface area contributed by atoms with Crippen LogP contribution in [0.4, 0.5) is 26.3 Å². The number of nitrogens with zero attached hydrogens (tertiary/aromatic N) is 6. The van der Waals surface area contributed by atoms with E-state index < -0.39 is 36.0 Å². The van der Waals surface area contributed by atoms with Gasteiger partial charge in [0, 0.05) is 31.6 Å². The van der Waals surface area contributed by atoms with Crippen molar-refractivity contribution in [2.75, 3.05) is 0 Å². The molecule has 0 spiro atoms. The molecular formula is C26H24F6N8O3S. The molecule has 0 radical (unpaired) electrons. The summed E-state index contributed by atoms with van der Waals surface area (Å²) < 4.78 is 83.4. The lowest BCUT2D eigenvalue weighted by atomic mass is 10.1. The molecule has 4 rings (SSSR count). The van der Waals surface area contributed by atoms with Gasteiger partial charge >= 0.3 is 6.36 Å². The number of hydrogen-bond donors (Lipinski definition) is 2. The first-order valence-electron chi connectivity index (χ1n) is 12.9. The van der Waals surface area contributed by atoms with Gasteiger partial charge in [0.15, 0.2) is 5.69 Å². The minimum Gasteiger partial charge on any atom is -0.406 e. The molecule has 1 aromatic carbocycles. The summed E-state index contributed by atoms with van der Waals surface area (Å²) in [5.74, 6) is -4.66. The summed E-state index contributed by atoms with van der Waals surface area (Å²) in [7, 11) is 0. The Kier molecular flexibility index (Phi) is 10.1. The van der Waals surface area contributed by atoms with Crippen molar-refractivity contribution in [3.8, 4) is 5.75 Å². The number of halogens is 6. The van der Waals surface area contributed by atoms with Crippen molar-refractivity contribution in [2.24, 2.45) is 0 Å². The van der Waals surface area contributed by atoms with Gasteiger partial charge in [-0.25, -0.2) is 17.9 Å². The smallest absolute Gasteiger partial charge is 0.406 e. The van der Waals surface area contributed by atoms with Gasteiger partial charge in [0.25, 0.3) is 17.7 Å². The van der Waals surface area contributed by atoms with Gasteiger partial charge in [-0.15, -0.1) is 28.5 Å². The summed E-state index contributed by atoms with van der Waals surface area (Å²) in [5.41, 5.74) is 0.389. The molecule has 0 bridgehead atoms. The van der Waals surface area contributed by atoms with E-state index in [0.717, 1.165) is 41.3 Å². The van der Waals surface area contributed by atoms with Crippen molar-refractivity contribution < 1.29 is 40.7 Å². The molecule has 0 aliphatic rings. The number of pyridine rings is 1. The van der Waals surface area contributed by atoms with E-state index in [0.29, 0.717) is 16.3 Å². The number of amides is 2. The molecule has 3 aromatic heterocycles. The Hall–Kier alpha value is -4.61. The third kappa shape index (κ3) is 9.72. The molecule has 234 valence electrons. The molecule has 0 aliphatic carbocycles. The first-order valence-corrected chi connectivity index (χ1v) is 13.7. The normalized spacial score (nSPS) is 12.5. The Morgan fingerprint density at radius 3 is 2.50 bits per heavy atom. The number of carbonyl (C=O) groups is 2. The SMILES string of the molecule is CC(F)(F)c1ccc(CNC(=O)c2cn(CC(F)CCc3nnc(C(=O)NCc4cccc(OC(F)(F)F)c4)s3)nn2)nc1. The second-order valence-corrected chi connectivity index (χ2v) is 10.5. The molecule has 3 heterocycles. The average Bonchev–Trinajstić information content (AvgIpc) is 3.63. The maximum atomic E-state index is 14.6. The number of benzene rings is 1. The predicted molar refractivity (Wildman–Crippen MR) is 142 cm³/mol. The highest BCUT2D eigenvalue weighted by Crippen LogP contribution is 2.26. The van der Waals surface area contributed by atoms with Crippen LogP contribution in [-0.2, 0) is 32.0 Å². The largest absolute Gasteiger partial charge is 0.573 e. The molecule has 11 nitrogen and oxygen atoms in total. The Morgan fingerprint density at radius 1 is 1.02 bits per heavy atom. The number of ether oxygens (including phenoxy) is 1. The molecule has 0 saturated heterocycles. The third-order valence-electron chi connectivity index (χ3n) is 5.84. The molecule has 44 heavy (non-hydrogen) atoms. The van der Waals surface area contributed by atoms with Crippen LogP contribution in [0.25, 0.3) is 0 Å². The zero-order valence-electron chi connectivity index (χ0n) is 22.8. The first-order chi connectivity index (χ1) is 20.7. The molecule has 0 saturated carbocycles. The lowest BCUT2D eigenvalue weighted by Gasteiger charge is -2.10. The molecule has 4 aromatic rings. The lowest BCUT2D eigenvalue weighted by Crippen LogP contribution is -2.24. The second-order valence-electron chi connectivity index (χ2n) is 9.45. The molecular weight excluding hydrogens is 618 g/mol. The average molecular weight is 643 g/mol. The summed E-state index contributed by atoms with van der Waals surface area (Å²) in [5, 5.41) is 20.6. The van der Waals surface area contributed by atoms with E-state index >= 15 is 0 Å². The van der Waals surface area contributed by atoms with Crippen LogP contribution >= 0.6 is 11.3 Å². The van der Waals surface area contributed by atoms with Crippen LogP contribution in [0.3, 0.4) is 0 Å². The molecule has 1 atom stereocenters. The van der Waals surface area contributed by atoms with Gasteiger partial charge < -0.3 is 15.4 Å². The van der Waals surface area contributed by atoms with Crippen LogP contribution in [0.5, 0.6) is 5.75 Å². The molecule has 2 amide bonds. The summed E-state index contributed by atoms with van der Waals surface area (Å²) in [4.78, 5) is 28.6. The number of alkyl halides is 6. The lowest BCUT2D eigenvalue weighted by molar-refractivity contribution is -0.274. The van der Waals surface area contributed by atoms with Crippen LogP contribution in [0.2, 0.25) is 0 Å². The van der Waals surface area contributed by atoms with Crippen LogP contribution in [0, 0.1) is 0 Å². The first kappa shape index (κ1) is 32.3. The Morgan fingerprint density at radius 2 is 1.80 bits per heavy atom. The van der Waals surface area contributed by atoms with E-state index in [1.165, 1.54) is 30.5 Å². The third-order valence-corrected chi connectivity index (χ3v) is 6.82. The van der Waals surface area contributed by atoms with Gasteiger partial charge in [0.2, 0.25) is 5.01 Å². The minimum atomic E-state index is -4.84. The van der Waals surface area contributed by atoms with E-state index in [1.54, 1.807) is 0 Å². The van der Waals surface area contributed by atoms with Gasteiger partial charge in [-0.3, -0.25) is 14.6 Å². The van der Waals surface area contributed by atoms with Gasteiger partial charge in [-0.05, 0) is 36.2 Å². The predicted octanol–water partition coefficient (Wildman–Crippen LogP) is 4.37. The zero-order valence-corrected chi connectivity index (χ0v) is 23.6. The van der Waals surface area contributed by atoms with Gasteiger partial charge in [-0.1, -0.05) is 28.7 Å². The topological polar surface area (TPSA) is 137 Å². The zero-order chi connectivity index (χ0) is 31.9. The van der Waals surface area contributed by atoms with Crippen molar-refractivity contribution in [1.29, 1.82) is 0 Å². The molecule has 1 unspecified atom stereocenters. The quantitative estimate of drug-likeness (QED) is 0.205. The Balaban J connectivity index is 1.19. The highest BCUT2D eigenvalue weighted by Gasteiger charge is 2.31. The van der Waals surface area contributed by atoms with E-state index in [4.69, 9.17) is 0 Å². The van der Waals surface area contributed by atoms with Gasteiger partial charge in [0.05, 0.1) is 25.0 Å². The van der Waals surface area contributed by atoms with Gasteiger partial charge in [0.1, 0.15) is 16.9 Å². The molecule has 2 N–H and O–H groups in total. The summed E-state index contributed by atoms with van der Waals surface area (Å²) in [6.07, 6.45) is -3.80. The van der Waals surface area contributed by atoms with Crippen molar-refractivity contribution >= 4 is 23.2 Å². The standard InChI is InChI=1S/C26H24F6N8O3S/c1-25(28,29)16-5-7-18(33-11-16)12-35-22(41)20-14-40(39-36-20)13-17(27)6-8-21-37-38-24(44-21)23(42)34-10-15-3-2-4-19(9-15)43-26(30,31)32/h2-5,7,9,11,14,17H,6,8,10,12-13H2,1H3,(H,34,42)(H,35,41). The number of rotatable bonds is 13. The fourth-order valence-electron chi connectivity index (χ4n) is 3.67. The molecule has 0 fully saturated rings. The van der Waals surface area contributed by atoms with Crippen LogP contribution in [0.1, 0.15) is 55.5 Å². The maximum absolute atomic E-state index is 14.6. The highest BCUT2D eigenvalue weighted by atomic mass is 32.1. The highest BCUT2D eigenvalue weighted by molar-refractivity contribution is 7.13. The van der Waals surface area contributed by atoms with Crippen molar-refractivity contribution in [2.45, 2.75) is 57.9 Å². The monoisotopic (exact) mass is 642 g/mol. The van der Waals surface area contributed by atoms with Crippen molar-refractivity contribution in [3.05, 3.63) is 81.3 Å². The van der Waals surface area contributed by atoms with E-state index in [9.17, 15) is 35.9 Å². The fraction of sp³-hybridized carbons (Fsp3) is 0.346. The van der Waals surface area contributed by atoms with E-state index in [1.807, 2.05) is 0 Å². The number of nitrogens with one attached hydrogen (secondary N) is 2. The number of hydrogen-bond acceptors (Lipinski definition) is 9. The fourth-order valence-corrected chi connectivity index (χ4v) is 4.44. The molecule has 18 heteroatoms. The summed E-state index contributed by atoms with van der Waals surface area (Å²) >= 11 is 0.945. The number of carbonyl (C=O) groups excluding carboxylic acids is 2. The Bertz CT molecular complexity index is 1570. The van der Waals surface area contributed by atoms with E-state index in [-0.39, 0.29) is 48.7 Å². The Labute approximate surface area is 249 Å². The van der Waals surface area contributed by atoms with E-state index in [2.05, 4.69) is 40.9 Å². The van der Waals surface area contributed by atoms with Crippen molar-refractivity contribution in [3.63, 3.8) is 0 Å². The van der Waals surface area contributed by atoms with Crippen LogP contribution < -0.4 is 15.4 Å². The maximum Gasteiger partial charge on any atom is 0.573 e. The number of aryl methyl sites for hydroxylation is 1. The number of aromatic nitrogens is 6. The molecule has 0 aliphatic heterocycles. The van der Waals surface area contributed by atoms with Crippen LogP contribution in [0.15, 0.2) is 48.8 Å². The summed E-state index contributed by atoms with van der Waals surface area (Å²) in [6.45, 7) is 0.413. The van der Waals surface area contributed by atoms with Crippen molar-refractivity contribution in [1.82, 2.24) is 40.8 Å². The van der Waals surface area contributed by atoms with Crippen LogP contribution in [-0.4, -0.2) is 54.5 Å². The van der Waals surface area contributed by atoms with Gasteiger partial charge in [-0.2, -0.15) is 0 Å². The minimum absolute atomic E-state index is 0.000481. The second kappa shape index (κ2) is 13.8. The summed E-state index contributed by atoms with van der Waals surface area (Å²) in [6, 6.07) is 7.73.